The van der Waals surface area contributed by atoms with Crippen LogP contribution >= 0.6 is 0 Å². The van der Waals surface area contributed by atoms with Crippen molar-refractivity contribution in [3.8, 4) is 77.9 Å². The Hall–Kier alpha value is -11.7. The smallest absolute Gasteiger partial charge is 0.143 e. The van der Waals surface area contributed by atoms with Gasteiger partial charge in [-0.05, 0) is 197 Å². The molecule has 16 aromatic rings. The van der Waals surface area contributed by atoms with Crippen LogP contribution < -0.4 is 9.80 Å². The van der Waals surface area contributed by atoms with E-state index in [0.29, 0.717) is 0 Å². The van der Waals surface area contributed by atoms with Gasteiger partial charge in [0.25, 0.3) is 0 Å². The van der Waals surface area contributed by atoms with Crippen molar-refractivity contribution >= 4 is 78.0 Å². The number of fused-ring (bicyclic) bond motifs is 17. The number of benzene rings is 14. The Morgan fingerprint density at radius 3 is 1.35 bits per heavy atom. The Bertz CT molecular complexity index is 5880. The summed E-state index contributed by atoms with van der Waals surface area (Å²) in [4.78, 5) is 4.79. The van der Waals surface area contributed by atoms with Crippen LogP contribution in [0.5, 0.6) is 0 Å². The Kier molecular flexibility index (Phi) is 12.4. The fourth-order valence-corrected chi connectivity index (χ4v) is 16.9. The lowest BCUT2D eigenvalue weighted by Crippen LogP contribution is -2.16. The number of nitrogens with zero attached hydrogens (tertiary/aromatic N) is 2. The second kappa shape index (κ2) is 21.1. The maximum Gasteiger partial charge on any atom is 0.143 e. The lowest BCUT2D eigenvalue weighted by Gasteiger charge is -2.28. The van der Waals surface area contributed by atoms with Crippen molar-refractivity contribution in [1.82, 2.24) is 0 Å². The van der Waals surface area contributed by atoms with Crippen molar-refractivity contribution in [2.24, 2.45) is 0 Å². The van der Waals surface area contributed by atoms with Crippen LogP contribution in [-0.4, -0.2) is 0 Å². The molecular weight excluding hydrogens is 1180 g/mol. The number of hydrogen-bond donors (Lipinski definition) is 0. The molecule has 0 bridgehead atoms. The summed E-state index contributed by atoms with van der Waals surface area (Å²) in [6.45, 7) is 14.1. The molecule has 0 saturated carbocycles. The maximum absolute atomic E-state index is 6.89. The van der Waals surface area contributed by atoms with Crippen LogP contribution in [0.4, 0.5) is 34.1 Å². The summed E-state index contributed by atoms with van der Waals surface area (Å²) in [7, 11) is 0. The molecule has 0 N–H and O–H groups in total. The number of anilines is 6. The van der Waals surface area contributed by atoms with Gasteiger partial charge in [0.15, 0.2) is 0 Å². The average molecular weight is 1250 g/mol. The second-order valence-corrected chi connectivity index (χ2v) is 28.4. The zero-order valence-electron chi connectivity index (χ0n) is 55.1. The van der Waals surface area contributed by atoms with Crippen LogP contribution in [0.25, 0.3) is 122 Å². The third-order valence-electron chi connectivity index (χ3n) is 21.9. The Morgan fingerprint density at radius 1 is 0.237 bits per heavy atom. The van der Waals surface area contributed by atoms with Crippen LogP contribution in [-0.2, 0) is 16.2 Å². The van der Waals surface area contributed by atoms with Crippen molar-refractivity contribution in [3.05, 3.63) is 337 Å². The first kappa shape index (κ1) is 56.8. The highest BCUT2D eigenvalue weighted by Crippen LogP contribution is 2.57. The van der Waals surface area contributed by atoms with Gasteiger partial charge in [0, 0.05) is 83.5 Å². The molecule has 3 aliphatic rings. The maximum atomic E-state index is 6.89. The van der Waals surface area contributed by atoms with Crippen LogP contribution in [0, 0.1) is 0 Å². The van der Waals surface area contributed by atoms with Crippen LogP contribution in [0.15, 0.2) is 312 Å². The van der Waals surface area contributed by atoms with E-state index in [1.165, 1.54) is 88.8 Å². The van der Waals surface area contributed by atoms with Crippen molar-refractivity contribution in [3.63, 3.8) is 0 Å². The molecule has 0 radical (unpaired) electrons. The zero-order valence-corrected chi connectivity index (χ0v) is 55.1. The average Bonchev–Trinajstić information content (AvgIpc) is 1.56. The van der Waals surface area contributed by atoms with Gasteiger partial charge in [-0.15, -0.1) is 0 Å². The molecule has 97 heavy (non-hydrogen) atoms. The molecule has 14 aromatic carbocycles. The topological polar surface area (TPSA) is 32.8 Å². The Morgan fingerprint density at radius 2 is 0.680 bits per heavy atom. The van der Waals surface area contributed by atoms with E-state index in [1.807, 2.05) is 0 Å². The third kappa shape index (κ3) is 8.69. The van der Waals surface area contributed by atoms with Crippen molar-refractivity contribution in [2.75, 3.05) is 9.80 Å². The van der Waals surface area contributed by atoms with Crippen molar-refractivity contribution in [1.29, 1.82) is 0 Å². The van der Waals surface area contributed by atoms with Gasteiger partial charge in [0.1, 0.15) is 22.3 Å². The van der Waals surface area contributed by atoms with Crippen LogP contribution in [0.3, 0.4) is 0 Å². The third-order valence-corrected chi connectivity index (χ3v) is 21.9. The van der Waals surface area contributed by atoms with Gasteiger partial charge in [0.05, 0.1) is 0 Å². The van der Waals surface area contributed by atoms with E-state index in [2.05, 4.69) is 355 Å². The highest BCUT2D eigenvalue weighted by Gasteiger charge is 2.41. The summed E-state index contributed by atoms with van der Waals surface area (Å²) in [6, 6.07) is 112. The van der Waals surface area contributed by atoms with Gasteiger partial charge in [-0.2, -0.15) is 0 Å². The Balaban J connectivity index is 0.634. The monoisotopic (exact) mass is 1240 g/mol. The van der Waals surface area contributed by atoms with E-state index in [9.17, 15) is 0 Å². The van der Waals surface area contributed by atoms with Gasteiger partial charge in [-0.25, -0.2) is 0 Å². The summed E-state index contributed by atoms with van der Waals surface area (Å²) in [5, 5.41) is 4.64. The van der Waals surface area contributed by atoms with E-state index in [1.54, 1.807) is 0 Å². The van der Waals surface area contributed by atoms with Crippen LogP contribution in [0.2, 0.25) is 0 Å². The van der Waals surface area contributed by atoms with E-state index in [0.717, 1.165) is 100 Å². The van der Waals surface area contributed by atoms with E-state index >= 15 is 0 Å². The fraction of sp³-hybridized carbons (Fsp3) is 0.0968. The first-order chi connectivity index (χ1) is 47.3. The minimum absolute atomic E-state index is 0.159. The summed E-state index contributed by atoms with van der Waals surface area (Å²) >= 11 is 0. The summed E-state index contributed by atoms with van der Waals surface area (Å²) in [5.74, 6) is 0. The fourth-order valence-electron chi connectivity index (χ4n) is 16.9. The molecule has 4 nitrogen and oxygen atoms in total. The number of hydrogen-bond acceptors (Lipinski definition) is 4. The van der Waals surface area contributed by atoms with Gasteiger partial charge in [0.2, 0.25) is 0 Å². The molecule has 0 atom stereocenters. The summed E-state index contributed by atoms with van der Waals surface area (Å²) in [6.07, 6.45) is 0. The first-order valence-corrected chi connectivity index (χ1v) is 33.9. The highest BCUT2D eigenvalue weighted by atomic mass is 16.3. The highest BCUT2D eigenvalue weighted by molar-refractivity contribution is 6.13. The molecule has 0 unspecified atom stereocenters. The molecule has 462 valence electrons. The lowest BCUT2D eigenvalue weighted by atomic mass is 9.80. The number of para-hydroxylation sites is 1. The molecule has 0 amide bonds. The van der Waals surface area contributed by atoms with Crippen LogP contribution in [0.1, 0.15) is 74.9 Å². The van der Waals surface area contributed by atoms with Crippen molar-refractivity contribution < 1.29 is 8.83 Å². The van der Waals surface area contributed by atoms with Gasteiger partial charge < -0.3 is 18.6 Å². The molecule has 2 heterocycles. The standard InChI is InChI=1S/C93H68N2O2/c1-91(2)81-50-45-68(54-78(81)87-82(91)51-48-76-74-23-12-15-26-84(74)97-90(76)87)94(65-37-31-59(32-38-65)57-17-8-7-9-18-57)66-41-35-62(36-42-66)64-20-16-19-63(53-64)61-29-27-58(28-30-61)60-33-39-67(40-34-60)95(69-43-46-73-71-21-10-13-24-79(71)92(3,4)83(73)55-69)70-44-47-77-86(56-70)96-85-52-49-75-72-22-11-14-25-80(72)93(5,6)89(75)88(77)85/h7-56H,1-6H3. The molecule has 0 saturated heterocycles. The van der Waals surface area contributed by atoms with E-state index in [4.69, 9.17) is 8.83 Å². The van der Waals surface area contributed by atoms with E-state index in [-0.39, 0.29) is 16.2 Å². The van der Waals surface area contributed by atoms with E-state index < -0.39 is 0 Å². The SMILES string of the molecule is CC1(C)c2ccccc2-c2ccc(N(c3ccc(-c4ccc(-c5cccc(-c6ccc(N(c7ccc(-c8ccccc8)cc7)c7ccc8c(c7)-c7c(ccc9c7oc7ccccc79)C8(C)C)cc6)c5)cc4)cc3)c3ccc4c(c3)oc3ccc5c(c34)C(C)(C)c3ccccc3-5)cc21. The molecule has 2 aromatic heterocycles. The minimum atomic E-state index is -0.200. The molecule has 0 spiro atoms. The molecule has 4 heteroatoms. The molecule has 3 aliphatic carbocycles. The second-order valence-electron chi connectivity index (χ2n) is 28.4. The quantitative estimate of drug-likeness (QED) is 0.137. The number of rotatable bonds is 10. The molecule has 0 fully saturated rings. The molecular formula is C93H68N2O2. The predicted molar refractivity (Wildman–Crippen MR) is 405 cm³/mol. The first-order valence-electron chi connectivity index (χ1n) is 33.9. The van der Waals surface area contributed by atoms with Gasteiger partial charge >= 0.3 is 0 Å². The minimum Gasteiger partial charge on any atom is -0.456 e. The van der Waals surface area contributed by atoms with Crippen molar-refractivity contribution in [2.45, 2.75) is 57.8 Å². The largest absolute Gasteiger partial charge is 0.456 e. The van der Waals surface area contributed by atoms with Gasteiger partial charge in [-0.1, -0.05) is 248 Å². The van der Waals surface area contributed by atoms with Gasteiger partial charge in [-0.3, -0.25) is 0 Å². The predicted octanol–water partition coefficient (Wildman–Crippen LogP) is 26.0. The molecule has 19 rings (SSSR count). The summed E-state index contributed by atoms with van der Waals surface area (Å²) < 4.78 is 13.6. The summed E-state index contributed by atoms with van der Waals surface area (Å²) in [5.41, 5.74) is 34.5. The lowest BCUT2D eigenvalue weighted by molar-refractivity contribution is 0.653. The zero-order chi connectivity index (χ0) is 65.1. The normalized spacial score (nSPS) is 14.1. The Labute approximate surface area is 565 Å². The molecule has 0 aliphatic heterocycles. The number of furan rings is 2.